The predicted octanol–water partition coefficient (Wildman–Crippen LogP) is -0.428. The standard InChI is InChI=1S/C9H14O5.C6H14O5.C6H10O4.C4H8O4.C4H8O3.C3H6O2.C3H8O.C2H4O2.3CH4/c10-4-7(12)5-2-1-3-6(11)9(14)8(5)13;1-3(8)5(10)6(11)4(9)2-7;1-2-4(6(9)10)3-5(7)8;1-2(5)3(6)4(7)8;1-3(5)2-4(6)7;1-2-3(4)5;1-3(2)4;1-2(3)4;;;/h5,7,10,12-14H,1-4H2;3-11H,2H2,1H3;4H,2-3H2,1H3,(H,7,8)(H,9,10);2-3,5-6H,1H3,(H,7,8);3,5H,2H2,1H3,(H,6,7);2H2,1H3,(H,4,5);3-4H,1-2H3;1H3,(H,3,4);3*1H4. The third-order valence-electron chi connectivity index (χ3n) is 6.60. The SMILES string of the molecule is C.C.C.CC(=O)O.CC(C)O.CC(O)C(O)C(=O)O.CC(O)C(O)C(O)C(O)CO.CC(O)CC(=O)O.CCC(=O)O.CCC(CC(=O)O)C(=O)O.O=C1CCCC(C(O)CO)C(O)=C1O. The molecule has 0 amide bonds. The predicted molar refractivity (Wildman–Crippen MR) is 236 cm³/mol. The molecule has 66 heavy (non-hydrogen) atoms. The molecule has 0 fully saturated rings. The minimum atomic E-state index is -1.66. The van der Waals surface area contributed by atoms with Crippen LogP contribution in [0.3, 0.4) is 0 Å². The van der Waals surface area contributed by atoms with Gasteiger partial charge in [0, 0.05) is 31.8 Å². The van der Waals surface area contributed by atoms with Crippen molar-refractivity contribution in [2.24, 2.45) is 11.8 Å². The van der Waals surface area contributed by atoms with Gasteiger partial charge in [-0.3, -0.25) is 28.8 Å². The number of allylic oxidation sites excluding steroid dienone is 1. The molecule has 0 aliphatic heterocycles. The van der Waals surface area contributed by atoms with E-state index >= 15 is 0 Å². The molecule has 1 rings (SSSR count). The molecule has 0 saturated carbocycles. The maximum atomic E-state index is 11.1. The van der Waals surface area contributed by atoms with Gasteiger partial charge >= 0.3 is 29.8 Å². The highest BCUT2D eigenvalue weighted by Crippen LogP contribution is 2.26. The molecule has 0 saturated heterocycles. The van der Waals surface area contributed by atoms with Crippen molar-refractivity contribution in [2.75, 3.05) is 13.2 Å². The Balaban J connectivity index is -0.0000000698. The van der Waals surface area contributed by atoms with Gasteiger partial charge in [0.15, 0.2) is 11.9 Å². The van der Waals surface area contributed by atoms with E-state index < -0.39 is 127 Å². The van der Waals surface area contributed by atoms with Crippen molar-refractivity contribution in [3.05, 3.63) is 11.5 Å². The molecule has 1 aliphatic carbocycles. The molecular weight excluding hydrogens is 896 g/mol. The number of carboxylic acid groups (broad SMARTS) is 6. The second kappa shape index (κ2) is 51.4. The monoisotopic (exact) mass is 981 g/mol. The summed E-state index contributed by atoms with van der Waals surface area (Å²) in [6.45, 7) is 10.6. The van der Waals surface area contributed by atoms with Crippen molar-refractivity contribution in [1.82, 2.24) is 0 Å². The van der Waals surface area contributed by atoms with Gasteiger partial charge in [0.05, 0.1) is 56.4 Å². The number of rotatable bonds is 15. The Morgan fingerprint density at radius 1 is 0.621 bits per heavy atom. The van der Waals surface area contributed by atoms with E-state index in [9.17, 15) is 44.1 Å². The first-order chi connectivity index (χ1) is 28.6. The van der Waals surface area contributed by atoms with Crippen LogP contribution >= 0.6 is 0 Å². The van der Waals surface area contributed by atoms with Crippen LogP contribution in [-0.2, 0) is 33.6 Å². The molecule has 0 aromatic carbocycles. The number of ketones is 1. The fourth-order valence-electron chi connectivity index (χ4n) is 3.26. The minimum Gasteiger partial charge on any atom is -0.508 e. The number of Topliss-reactive ketones (excluding diaryl/α,β-unsaturated/α-hetero) is 1. The van der Waals surface area contributed by atoms with Crippen LogP contribution in [0.15, 0.2) is 11.5 Å². The van der Waals surface area contributed by atoms with Crippen LogP contribution in [0.25, 0.3) is 0 Å². The van der Waals surface area contributed by atoms with Gasteiger partial charge in [-0.2, -0.15) is 0 Å². The highest BCUT2D eigenvalue weighted by atomic mass is 16.4. The smallest absolute Gasteiger partial charge is 0.335 e. The Morgan fingerprint density at radius 3 is 1.18 bits per heavy atom. The molecule has 0 heterocycles. The van der Waals surface area contributed by atoms with E-state index in [4.69, 9.17) is 86.5 Å². The fourth-order valence-corrected chi connectivity index (χ4v) is 3.26. The number of hydrogen-bond donors (Lipinski definition) is 19. The Morgan fingerprint density at radius 2 is 1.00 bits per heavy atom. The lowest BCUT2D eigenvalue weighted by Gasteiger charge is -2.23. The summed E-state index contributed by atoms with van der Waals surface area (Å²) in [7, 11) is 0. The van der Waals surface area contributed by atoms with Crippen LogP contribution in [0, 0.1) is 11.8 Å². The van der Waals surface area contributed by atoms with E-state index in [2.05, 4.69) is 0 Å². The van der Waals surface area contributed by atoms with Gasteiger partial charge in [-0.15, -0.1) is 0 Å². The molecule has 10 unspecified atom stereocenters. The average Bonchev–Trinajstić information content (AvgIpc) is 3.28. The Bertz CT molecular complexity index is 1260. The minimum absolute atomic E-state index is 0. The molecule has 0 spiro atoms. The molecule has 19 N–H and O–H groups in total. The summed E-state index contributed by atoms with van der Waals surface area (Å²) in [5, 5.41) is 161. The van der Waals surface area contributed by atoms with Crippen LogP contribution in [0.4, 0.5) is 0 Å². The van der Waals surface area contributed by atoms with Gasteiger partial charge in [0.2, 0.25) is 5.78 Å². The van der Waals surface area contributed by atoms with Gasteiger partial charge in [-0.1, -0.05) is 36.1 Å². The zero-order valence-corrected chi connectivity index (χ0v) is 36.6. The summed E-state index contributed by atoms with van der Waals surface area (Å²) < 4.78 is 0. The largest absolute Gasteiger partial charge is 0.508 e. The van der Waals surface area contributed by atoms with Crippen LogP contribution < -0.4 is 0 Å². The van der Waals surface area contributed by atoms with E-state index in [0.29, 0.717) is 19.3 Å². The molecule has 0 radical (unpaired) electrons. The van der Waals surface area contributed by atoms with Crippen molar-refractivity contribution < 1.29 is 131 Å². The third-order valence-corrected chi connectivity index (χ3v) is 6.60. The van der Waals surface area contributed by atoms with Crippen LogP contribution in [0.1, 0.15) is 123 Å². The topological polar surface area (TPSA) is 504 Å². The summed E-state index contributed by atoms with van der Waals surface area (Å²) in [4.78, 5) is 69.0. The summed E-state index contributed by atoms with van der Waals surface area (Å²) in [5.74, 6) is -9.23. The number of carboxylic acids is 6. The highest BCUT2D eigenvalue weighted by molar-refractivity contribution is 5.93. The van der Waals surface area contributed by atoms with E-state index in [1.807, 2.05) is 0 Å². The maximum absolute atomic E-state index is 11.1. The van der Waals surface area contributed by atoms with E-state index in [1.54, 1.807) is 27.7 Å². The molecule has 26 heteroatoms. The summed E-state index contributed by atoms with van der Waals surface area (Å²) in [6.07, 6.45) is -9.23. The normalized spacial score (nSPS) is 16.2. The number of aliphatic hydroxyl groups is 13. The molecule has 0 bridgehead atoms. The number of hydrogen-bond acceptors (Lipinski definition) is 20. The lowest BCUT2D eigenvalue weighted by Crippen LogP contribution is -2.44. The van der Waals surface area contributed by atoms with Crippen molar-refractivity contribution >= 4 is 41.6 Å². The number of carbonyl (C=O) groups excluding carboxylic acids is 1. The Labute approximate surface area is 386 Å². The molecular formula is C40H84O26. The number of aliphatic hydroxyl groups excluding tert-OH is 13. The molecule has 0 aromatic rings. The van der Waals surface area contributed by atoms with Crippen molar-refractivity contribution in [2.45, 2.75) is 178 Å². The van der Waals surface area contributed by atoms with Gasteiger partial charge < -0.3 is 97.0 Å². The molecule has 10 atom stereocenters. The van der Waals surface area contributed by atoms with Crippen molar-refractivity contribution in [1.29, 1.82) is 0 Å². The Kier molecular flexibility index (Phi) is 66.0. The lowest BCUT2D eigenvalue weighted by molar-refractivity contribution is -0.152. The van der Waals surface area contributed by atoms with E-state index in [-0.39, 0.29) is 54.1 Å². The van der Waals surface area contributed by atoms with Crippen LogP contribution in [0.5, 0.6) is 0 Å². The van der Waals surface area contributed by atoms with Crippen LogP contribution in [0.2, 0.25) is 0 Å². The second-order valence-corrected chi connectivity index (χ2v) is 13.2. The first kappa shape index (κ1) is 84.8. The van der Waals surface area contributed by atoms with E-state index in [1.165, 1.54) is 20.8 Å². The van der Waals surface area contributed by atoms with Crippen molar-refractivity contribution in [3.63, 3.8) is 0 Å². The average molecular weight is 981 g/mol. The molecule has 1 aliphatic rings. The summed E-state index contributed by atoms with van der Waals surface area (Å²) in [5.41, 5.74) is 0. The molecule has 400 valence electrons. The van der Waals surface area contributed by atoms with Gasteiger partial charge in [-0.25, -0.2) is 4.79 Å². The van der Waals surface area contributed by atoms with Crippen molar-refractivity contribution in [3.8, 4) is 0 Å². The molecule has 26 nitrogen and oxygen atoms in total. The number of carbonyl (C=O) groups is 7. The summed E-state index contributed by atoms with van der Waals surface area (Å²) in [6, 6.07) is 0. The van der Waals surface area contributed by atoms with E-state index in [0.717, 1.165) is 6.92 Å². The second-order valence-electron chi connectivity index (χ2n) is 13.2. The van der Waals surface area contributed by atoms with Gasteiger partial charge in [0.1, 0.15) is 24.1 Å². The number of aliphatic carboxylic acids is 6. The quantitative estimate of drug-likeness (QED) is 0.0990. The lowest BCUT2D eigenvalue weighted by atomic mass is 9.96. The third kappa shape index (κ3) is 61.5. The molecule has 0 aromatic heterocycles. The summed E-state index contributed by atoms with van der Waals surface area (Å²) >= 11 is 0. The van der Waals surface area contributed by atoms with Gasteiger partial charge in [-0.05, 0) is 53.9 Å². The maximum Gasteiger partial charge on any atom is 0.335 e. The zero-order valence-electron chi connectivity index (χ0n) is 36.6. The van der Waals surface area contributed by atoms with Gasteiger partial charge in [0.25, 0.3) is 5.97 Å². The zero-order chi connectivity index (χ0) is 51.9. The fraction of sp³-hybridized carbons (Fsp3) is 0.775. The first-order valence-corrected chi connectivity index (χ1v) is 18.9. The highest BCUT2D eigenvalue weighted by Gasteiger charge is 2.30. The first-order valence-electron chi connectivity index (χ1n) is 18.9. The van der Waals surface area contributed by atoms with Crippen LogP contribution in [-0.4, -0.2) is 207 Å². The Hall–Kier alpha value is -4.61.